The standard InChI is InChI=1S/C23H35N3O6S/c1-4-31-23(28)11-12-25(15-19-5-6-19)16-22(27)24-20-7-9-21(10-8-20)33(29,30)26-13-17(2)32-18(3)14-26/h7-10,17-19H,4-6,11-16H2,1-3H3,(H,24,27). The molecule has 1 N–H and O–H groups in total. The van der Waals surface area contributed by atoms with Crippen LogP contribution in [0.2, 0.25) is 0 Å². The van der Waals surface area contributed by atoms with Gasteiger partial charge in [0.15, 0.2) is 0 Å². The summed E-state index contributed by atoms with van der Waals surface area (Å²) in [5.41, 5.74) is 0.527. The lowest BCUT2D eigenvalue weighted by Crippen LogP contribution is -2.48. The highest BCUT2D eigenvalue weighted by Crippen LogP contribution is 2.29. The molecule has 1 saturated carbocycles. The van der Waals surface area contributed by atoms with Crippen molar-refractivity contribution >= 4 is 27.6 Å². The summed E-state index contributed by atoms with van der Waals surface area (Å²) in [5, 5.41) is 2.83. The van der Waals surface area contributed by atoms with E-state index in [0.717, 1.165) is 19.4 Å². The van der Waals surface area contributed by atoms with Crippen molar-refractivity contribution < 1.29 is 27.5 Å². The molecule has 184 valence electrons. The van der Waals surface area contributed by atoms with Crippen LogP contribution in [0.15, 0.2) is 29.2 Å². The number of hydrogen-bond donors (Lipinski definition) is 1. The first kappa shape index (κ1) is 25.6. The molecular weight excluding hydrogens is 446 g/mol. The van der Waals surface area contributed by atoms with Gasteiger partial charge in [-0.2, -0.15) is 4.31 Å². The Morgan fingerprint density at radius 2 is 1.79 bits per heavy atom. The minimum atomic E-state index is -3.63. The lowest BCUT2D eigenvalue weighted by molar-refractivity contribution is -0.143. The molecule has 1 aromatic carbocycles. The van der Waals surface area contributed by atoms with E-state index in [1.807, 2.05) is 18.7 Å². The third kappa shape index (κ3) is 7.77. The third-order valence-corrected chi connectivity index (χ3v) is 7.53. The van der Waals surface area contributed by atoms with Crippen molar-refractivity contribution in [3.05, 3.63) is 24.3 Å². The fraction of sp³-hybridized carbons (Fsp3) is 0.652. The molecule has 1 aliphatic heterocycles. The van der Waals surface area contributed by atoms with Crippen LogP contribution in [-0.4, -0.2) is 81.0 Å². The number of sulfonamides is 1. The second kappa shape index (κ2) is 11.4. The molecule has 1 saturated heterocycles. The van der Waals surface area contributed by atoms with Gasteiger partial charge in [0.25, 0.3) is 0 Å². The van der Waals surface area contributed by atoms with E-state index in [1.165, 1.54) is 16.4 Å². The van der Waals surface area contributed by atoms with E-state index in [2.05, 4.69) is 5.32 Å². The summed E-state index contributed by atoms with van der Waals surface area (Å²) in [6.45, 7) is 7.87. The number of hydrogen-bond acceptors (Lipinski definition) is 7. The van der Waals surface area contributed by atoms with Crippen molar-refractivity contribution in [2.24, 2.45) is 5.92 Å². The lowest BCUT2D eigenvalue weighted by atomic mass is 10.3. The predicted molar refractivity (Wildman–Crippen MR) is 124 cm³/mol. The van der Waals surface area contributed by atoms with E-state index in [4.69, 9.17) is 9.47 Å². The molecule has 2 atom stereocenters. The molecule has 0 radical (unpaired) electrons. The SMILES string of the molecule is CCOC(=O)CCN(CC(=O)Nc1ccc(S(=O)(=O)N2CC(C)OC(C)C2)cc1)CC1CC1. The first-order valence-corrected chi connectivity index (χ1v) is 13.0. The molecule has 2 unspecified atom stereocenters. The zero-order valence-corrected chi connectivity index (χ0v) is 20.5. The Hall–Kier alpha value is -2.01. The number of nitrogens with zero attached hydrogens (tertiary/aromatic N) is 2. The van der Waals surface area contributed by atoms with Gasteiger partial charge in [-0.15, -0.1) is 0 Å². The summed E-state index contributed by atoms with van der Waals surface area (Å²) in [6, 6.07) is 6.22. The van der Waals surface area contributed by atoms with Crippen molar-refractivity contribution in [3.8, 4) is 0 Å². The Kier molecular flexibility index (Phi) is 8.86. The van der Waals surface area contributed by atoms with Gasteiger partial charge in [-0.3, -0.25) is 14.5 Å². The normalized spacial score (nSPS) is 21.7. The maximum Gasteiger partial charge on any atom is 0.307 e. The maximum atomic E-state index is 13.0. The summed E-state index contributed by atoms with van der Waals surface area (Å²) >= 11 is 0. The van der Waals surface area contributed by atoms with E-state index in [1.54, 1.807) is 19.1 Å². The maximum absolute atomic E-state index is 13.0. The van der Waals surface area contributed by atoms with Crippen LogP contribution in [-0.2, 0) is 29.1 Å². The number of nitrogens with one attached hydrogen (secondary N) is 1. The molecule has 9 nitrogen and oxygen atoms in total. The van der Waals surface area contributed by atoms with Crippen LogP contribution in [0.4, 0.5) is 5.69 Å². The average molecular weight is 482 g/mol. The van der Waals surface area contributed by atoms with Gasteiger partial charge in [-0.25, -0.2) is 8.42 Å². The Balaban J connectivity index is 1.56. The smallest absolute Gasteiger partial charge is 0.307 e. The Morgan fingerprint density at radius 3 is 2.36 bits per heavy atom. The molecule has 1 heterocycles. The second-order valence-corrected chi connectivity index (χ2v) is 10.8. The van der Waals surface area contributed by atoms with Crippen molar-refractivity contribution in [3.63, 3.8) is 0 Å². The summed E-state index contributed by atoms with van der Waals surface area (Å²) in [5.74, 6) is 0.112. The topological polar surface area (TPSA) is 105 Å². The number of carbonyl (C=O) groups is 2. The largest absolute Gasteiger partial charge is 0.466 e. The van der Waals surface area contributed by atoms with Crippen molar-refractivity contribution in [1.82, 2.24) is 9.21 Å². The van der Waals surface area contributed by atoms with E-state index in [9.17, 15) is 18.0 Å². The highest BCUT2D eigenvalue weighted by Gasteiger charge is 2.32. The molecule has 1 aliphatic carbocycles. The van der Waals surface area contributed by atoms with Gasteiger partial charge in [0.2, 0.25) is 15.9 Å². The number of ether oxygens (including phenoxy) is 2. The van der Waals surface area contributed by atoms with Crippen LogP contribution in [0.1, 0.15) is 40.0 Å². The van der Waals surface area contributed by atoms with Gasteiger partial charge >= 0.3 is 5.97 Å². The monoisotopic (exact) mass is 481 g/mol. The van der Waals surface area contributed by atoms with Gasteiger partial charge in [-0.1, -0.05) is 0 Å². The number of carbonyl (C=O) groups excluding carboxylic acids is 2. The average Bonchev–Trinajstić information content (AvgIpc) is 3.56. The molecule has 33 heavy (non-hydrogen) atoms. The summed E-state index contributed by atoms with van der Waals surface area (Å²) in [6.07, 6.45) is 2.22. The Labute approximate surface area is 196 Å². The van der Waals surface area contributed by atoms with Crippen LogP contribution in [0.3, 0.4) is 0 Å². The van der Waals surface area contributed by atoms with Crippen LogP contribution >= 0.6 is 0 Å². The van der Waals surface area contributed by atoms with Crippen LogP contribution in [0.25, 0.3) is 0 Å². The van der Waals surface area contributed by atoms with E-state index < -0.39 is 10.0 Å². The number of anilines is 1. The molecule has 10 heteroatoms. The molecule has 1 amide bonds. The molecular formula is C23H35N3O6S. The van der Waals surface area contributed by atoms with Gasteiger partial charge in [-0.05, 0) is 63.8 Å². The molecule has 1 aromatic rings. The summed E-state index contributed by atoms with van der Waals surface area (Å²) in [7, 11) is -3.63. The van der Waals surface area contributed by atoms with Crippen molar-refractivity contribution in [1.29, 1.82) is 0 Å². The van der Waals surface area contributed by atoms with Crippen molar-refractivity contribution in [2.45, 2.75) is 57.1 Å². The van der Waals surface area contributed by atoms with E-state index in [0.29, 0.717) is 37.8 Å². The molecule has 2 fully saturated rings. The molecule has 2 aliphatic rings. The third-order valence-electron chi connectivity index (χ3n) is 5.68. The first-order chi connectivity index (χ1) is 15.7. The fourth-order valence-corrected chi connectivity index (χ4v) is 5.56. The number of morpholine rings is 1. The second-order valence-electron chi connectivity index (χ2n) is 8.89. The van der Waals surface area contributed by atoms with E-state index >= 15 is 0 Å². The minimum Gasteiger partial charge on any atom is -0.466 e. The zero-order chi connectivity index (χ0) is 24.0. The van der Waals surface area contributed by atoms with Gasteiger partial charge < -0.3 is 14.8 Å². The number of esters is 1. The zero-order valence-electron chi connectivity index (χ0n) is 19.7. The summed E-state index contributed by atoms with van der Waals surface area (Å²) < 4.78 is 38.0. The Morgan fingerprint density at radius 1 is 1.15 bits per heavy atom. The highest BCUT2D eigenvalue weighted by molar-refractivity contribution is 7.89. The summed E-state index contributed by atoms with van der Waals surface area (Å²) in [4.78, 5) is 26.4. The number of rotatable bonds is 11. The van der Waals surface area contributed by atoms with Crippen LogP contribution in [0.5, 0.6) is 0 Å². The molecule has 0 spiro atoms. The van der Waals surface area contributed by atoms with Gasteiger partial charge in [0.1, 0.15) is 0 Å². The minimum absolute atomic E-state index is 0.162. The highest BCUT2D eigenvalue weighted by atomic mass is 32.2. The fourth-order valence-electron chi connectivity index (χ4n) is 3.97. The molecule has 0 bridgehead atoms. The van der Waals surface area contributed by atoms with E-state index in [-0.39, 0.29) is 41.9 Å². The predicted octanol–water partition coefficient (Wildman–Crippen LogP) is 2.09. The Bertz CT molecular complexity index is 907. The van der Waals surface area contributed by atoms with Crippen LogP contribution in [0, 0.1) is 5.92 Å². The lowest BCUT2D eigenvalue weighted by Gasteiger charge is -2.34. The van der Waals surface area contributed by atoms with Gasteiger partial charge in [0.05, 0.1) is 36.7 Å². The number of benzene rings is 1. The van der Waals surface area contributed by atoms with Crippen molar-refractivity contribution in [2.75, 3.05) is 44.6 Å². The number of amides is 1. The first-order valence-electron chi connectivity index (χ1n) is 11.6. The van der Waals surface area contributed by atoms with Gasteiger partial charge in [0, 0.05) is 31.9 Å². The quantitative estimate of drug-likeness (QED) is 0.483. The molecule has 3 rings (SSSR count). The molecule has 0 aromatic heterocycles. The van der Waals surface area contributed by atoms with Crippen LogP contribution < -0.4 is 5.32 Å².